The first-order valence-corrected chi connectivity index (χ1v) is 9.70. The molecule has 1 amide bonds. The number of anilines is 1. The van der Waals surface area contributed by atoms with E-state index in [2.05, 4.69) is 58.4 Å². The lowest BCUT2D eigenvalue weighted by atomic mass is 10.2. The number of carbonyl (C=O) groups excluding carboxylic acids is 1. The molecule has 2 aromatic rings. The second-order valence-corrected chi connectivity index (χ2v) is 7.91. The maximum Gasteiger partial charge on any atom is 0.337 e. The van der Waals surface area contributed by atoms with Crippen LogP contribution in [0.1, 0.15) is 20.7 Å². The first-order chi connectivity index (χ1) is 12.2. The van der Waals surface area contributed by atoms with Crippen molar-refractivity contribution in [3.8, 4) is 5.75 Å². The van der Waals surface area contributed by atoms with Crippen LogP contribution in [0.25, 0.3) is 0 Å². The van der Waals surface area contributed by atoms with Crippen LogP contribution in [0, 0.1) is 0 Å². The molecule has 2 aromatic carbocycles. The van der Waals surface area contributed by atoms with Crippen LogP contribution >= 0.6 is 60.0 Å². The number of ether oxygens (including phenoxy) is 1. The summed E-state index contributed by atoms with van der Waals surface area (Å²) in [6, 6.07) is 7.92. The molecular weight excluding hydrogens is 556 g/mol. The first kappa shape index (κ1) is 20.8. The number of aromatic carboxylic acids is 1. The maximum atomic E-state index is 12.3. The molecule has 0 heterocycles. The average Bonchev–Trinajstić information content (AvgIpc) is 2.56. The van der Waals surface area contributed by atoms with Gasteiger partial charge < -0.3 is 15.2 Å². The molecule has 0 atom stereocenters. The molecule has 2 rings (SSSR count). The van der Waals surface area contributed by atoms with Crippen molar-refractivity contribution in [1.82, 2.24) is 5.32 Å². The average molecular weight is 567 g/mol. The normalized spacial score (nSPS) is 10.2. The number of rotatable bonds is 4. The fraction of sp³-hybridized carbons (Fsp3) is 0.0625. The molecule has 0 bridgehead atoms. The number of amides is 1. The third-order valence-corrected chi connectivity index (χ3v) is 5.07. The summed E-state index contributed by atoms with van der Waals surface area (Å²) in [6.07, 6.45) is 0. The molecule has 3 N–H and O–H groups in total. The summed E-state index contributed by atoms with van der Waals surface area (Å²) in [6.45, 7) is 0. The van der Waals surface area contributed by atoms with Gasteiger partial charge in [-0.15, -0.1) is 0 Å². The monoisotopic (exact) mass is 564 g/mol. The lowest BCUT2D eigenvalue weighted by Crippen LogP contribution is -2.34. The van der Waals surface area contributed by atoms with Crippen molar-refractivity contribution >= 4 is 82.7 Å². The van der Waals surface area contributed by atoms with Crippen LogP contribution in [0.3, 0.4) is 0 Å². The smallest absolute Gasteiger partial charge is 0.337 e. The highest BCUT2D eigenvalue weighted by molar-refractivity contribution is 9.11. The Morgan fingerprint density at radius 2 is 1.81 bits per heavy atom. The van der Waals surface area contributed by atoms with Gasteiger partial charge in [0.2, 0.25) is 0 Å². The Morgan fingerprint density at radius 1 is 1.12 bits per heavy atom. The summed E-state index contributed by atoms with van der Waals surface area (Å²) in [5, 5.41) is 14.6. The van der Waals surface area contributed by atoms with Gasteiger partial charge in [0, 0.05) is 14.5 Å². The summed E-state index contributed by atoms with van der Waals surface area (Å²) >= 11 is 15.0. The number of carboxylic acids is 1. The quantitative estimate of drug-likeness (QED) is 0.461. The lowest BCUT2D eigenvalue weighted by Gasteiger charge is -2.14. The van der Waals surface area contributed by atoms with Crippen LogP contribution in [-0.4, -0.2) is 29.2 Å². The van der Waals surface area contributed by atoms with E-state index in [-0.39, 0.29) is 16.4 Å². The minimum absolute atomic E-state index is 0.00459. The van der Waals surface area contributed by atoms with Crippen molar-refractivity contribution in [3.63, 3.8) is 0 Å². The van der Waals surface area contributed by atoms with Crippen molar-refractivity contribution in [2.45, 2.75) is 0 Å². The van der Waals surface area contributed by atoms with Crippen LogP contribution < -0.4 is 15.4 Å². The Balaban J connectivity index is 2.18. The standard InChI is InChI=1S/C16H11Br3N2O4S/c1-25-12-3-2-7(4-10(12)18)14(22)21-16(26)20-13-9(15(23)24)5-8(17)6-11(13)19/h2-6H,1H3,(H,23,24)(H2,20,21,22,26). The minimum atomic E-state index is -1.14. The van der Waals surface area contributed by atoms with Gasteiger partial charge in [0.1, 0.15) is 5.75 Å². The highest BCUT2D eigenvalue weighted by Gasteiger charge is 2.17. The van der Waals surface area contributed by atoms with Gasteiger partial charge in [-0.05, 0) is 74.4 Å². The molecule has 0 radical (unpaired) electrons. The number of carboxylic acid groups (broad SMARTS) is 1. The van der Waals surface area contributed by atoms with Gasteiger partial charge in [0.05, 0.1) is 22.8 Å². The number of methoxy groups -OCH3 is 1. The number of thiocarbonyl (C=S) groups is 1. The lowest BCUT2D eigenvalue weighted by molar-refractivity contribution is 0.0697. The zero-order valence-electron chi connectivity index (χ0n) is 13.1. The Hall–Kier alpha value is -1.49. The predicted octanol–water partition coefficient (Wildman–Crippen LogP) is 4.81. The van der Waals surface area contributed by atoms with Crippen molar-refractivity contribution in [2.75, 3.05) is 12.4 Å². The van der Waals surface area contributed by atoms with E-state index in [0.717, 1.165) is 0 Å². The van der Waals surface area contributed by atoms with Gasteiger partial charge in [-0.2, -0.15) is 0 Å². The molecule has 0 aliphatic heterocycles. The molecule has 0 saturated heterocycles. The molecule has 136 valence electrons. The minimum Gasteiger partial charge on any atom is -0.496 e. The largest absolute Gasteiger partial charge is 0.496 e. The molecule has 0 aliphatic carbocycles. The second-order valence-electron chi connectivity index (χ2n) is 4.87. The van der Waals surface area contributed by atoms with Gasteiger partial charge >= 0.3 is 5.97 Å². The summed E-state index contributed by atoms with van der Waals surface area (Å²) < 4.78 is 6.81. The highest BCUT2D eigenvalue weighted by atomic mass is 79.9. The van der Waals surface area contributed by atoms with Crippen LogP contribution in [0.15, 0.2) is 43.7 Å². The van der Waals surface area contributed by atoms with Crippen molar-refractivity contribution in [2.24, 2.45) is 0 Å². The molecule has 10 heteroatoms. The van der Waals surface area contributed by atoms with E-state index in [1.165, 1.54) is 13.2 Å². The Morgan fingerprint density at radius 3 is 2.38 bits per heavy atom. The van der Waals surface area contributed by atoms with Gasteiger partial charge in [0.15, 0.2) is 5.11 Å². The number of hydrogen-bond donors (Lipinski definition) is 3. The van der Waals surface area contributed by atoms with E-state index < -0.39 is 11.9 Å². The van der Waals surface area contributed by atoms with Crippen molar-refractivity contribution in [1.29, 1.82) is 0 Å². The zero-order valence-corrected chi connectivity index (χ0v) is 18.7. The van der Waals surface area contributed by atoms with Gasteiger partial charge in [-0.1, -0.05) is 15.9 Å². The summed E-state index contributed by atoms with van der Waals surface area (Å²) in [5.41, 5.74) is 0.590. The van der Waals surface area contributed by atoms with Crippen molar-refractivity contribution < 1.29 is 19.4 Å². The van der Waals surface area contributed by atoms with E-state index in [9.17, 15) is 14.7 Å². The molecule has 0 aromatic heterocycles. The van der Waals surface area contributed by atoms with E-state index in [4.69, 9.17) is 17.0 Å². The summed E-state index contributed by atoms with van der Waals surface area (Å²) in [7, 11) is 1.52. The van der Waals surface area contributed by atoms with Crippen LogP contribution in [0.5, 0.6) is 5.75 Å². The third-order valence-electron chi connectivity index (χ3n) is 3.16. The molecular formula is C16H11Br3N2O4S. The highest BCUT2D eigenvalue weighted by Crippen LogP contribution is 2.31. The zero-order chi connectivity index (χ0) is 19.4. The number of benzene rings is 2. The fourth-order valence-corrected chi connectivity index (χ4v) is 4.06. The Bertz CT molecular complexity index is 905. The number of carbonyl (C=O) groups is 2. The number of halogens is 3. The maximum absolute atomic E-state index is 12.3. The number of hydrogen-bond acceptors (Lipinski definition) is 4. The van der Waals surface area contributed by atoms with Crippen molar-refractivity contribution in [3.05, 3.63) is 54.9 Å². The van der Waals surface area contributed by atoms with Gasteiger partial charge in [0.25, 0.3) is 5.91 Å². The SMILES string of the molecule is COc1ccc(C(=O)NC(=S)Nc2c(Br)cc(Br)cc2C(=O)O)cc1Br. The van der Waals surface area contributed by atoms with E-state index in [1.54, 1.807) is 24.3 Å². The third kappa shape index (κ3) is 5.03. The molecule has 0 saturated carbocycles. The van der Waals surface area contributed by atoms with Gasteiger partial charge in [-0.3, -0.25) is 10.1 Å². The predicted molar refractivity (Wildman–Crippen MR) is 113 cm³/mol. The van der Waals surface area contributed by atoms with Crippen LogP contribution in [-0.2, 0) is 0 Å². The van der Waals surface area contributed by atoms with Crippen LogP contribution in [0.4, 0.5) is 5.69 Å². The molecule has 0 fully saturated rings. The summed E-state index contributed by atoms with van der Waals surface area (Å²) in [5.74, 6) is -0.995. The first-order valence-electron chi connectivity index (χ1n) is 6.91. The molecule has 6 nitrogen and oxygen atoms in total. The van der Waals surface area contributed by atoms with E-state index in [1.807, 2.05) is 0 Å². The van der Waals surface area contributed by atoms with E-state index in [0.29, 0.717) is 24.7 Å². The molecule has 0 aliphatic rings. The topological polar surface area (TPSA) is 87.7 Å². The molecule has 0 unspecified atom stereocenters. The van der Waals surface area contributed by atoms with Crippen LogP contribution in [0.2, 0.25) is 0 Å². The Kier molecular flexibility index (Phi) is 7.16. The summed E-state index contributed by atoms with van der Waals surface area (Å²) in [4.78, 5) is 23.7. The van der Waals surface area contributed by atoms with E-state index >= 15 is 0 Å². The molecule has 0 spiro atoms. The molecule has 26 heavy (non-hydrogen) atoms. The second kappa shape index (κ2) is 8.94. The Labute approximate surface area is 179 Å². The van der Waals surface area contributed by atoms with Gasteiger partial charge in [-0.25, -0.2) is 4.79 Å². The number of nitrogens with one attached hydrogen (secondary N) is 2. The fourth-order valence-electron chi connectivity index (χ4n) is 2.00.